The van der Waals surface area contributed by atoms with Crippen molar-refractivity contribution in [1.82, 2.24) is 9.97 Å². The van der Waals surface area contributed by atoms with Gasteiger partial charge in [0.2, 0.25) is 0 Å². The molecule has 0 spiro atoms. The molecule has 0 atom stereocenters. The van der Waals surface area contributed by atoms with E-state index in [2.05, 4.69) is 15.3 Å². The SMILES string of the molecule is CSc1ccc(Nc2nccnc2C(N)=S)cc1. The molecule has 1 aromatic carbocycles. The van der Waals surface area contributed by atoms with Crippen molar-refractivity contribution in [3.05, 3.63) is 42.4 Å². The van der Waals surface area contributed by atoms with Gasteiger partial charge in [0.05, 0.1) is 0 Å². The minimum Gasteiger partial charge on any atom is -0.388 e. The van der Waals surface area contributed by atoms with Crippen molar-refractivity contribution in [1.29, 1.82) is 0 Å². The number of nitrogens with two attached hydrogens (primary N) is 1. The molecule has 6 heteroatoms. The van der Waals surface area contributed by atoms with Crippen LogP contribution in [0.2, 0.25) is 0 Å². The molecule has 0 amide bonds. The van der Waals surface area contributed by atoms with Gasteiger partial charge in [0.15, 0.2) is 5.82 Å². The monoisotopic (exact) mass is 276 g/mol. The van der Waals surface area contributed by atoms with Gasteiger partial charge in [-0.05, 0) is 30.5 Å². The maximum atomic E-state index is 5.60. The van der Waals surface area contributed by atoms with Gasteiger partial charge in [0.1, 0.15) is 10.7 Å². The summed E-state index contributed by atoms with van der Waals surface area (Å²) in [5.74, 6) is 0.571. The number of thioether (sulfide) groups is 1. The minimum absolute atomic E-state index is 0.228. The third-order valence-corrected chi connectivity index (χ3v) is 3.22. The van der Waals surface area contributed by atoms with E-state index in [1.165, 1.54) is 4.90 Å². The molecule has 0 radical (unpaired) electrons. The lowest BCUT2D eigenvalue weighted by Gasteiger charge is -2.09. The van der Waals surface area contributed by atoms with Crippen LogP contribution in [0.5, 0.6) is 0 Å². The van der Waals surface area contributed by atoms with Crippen molar-refractivity contribution in [3.63, 3.8) is 0 Å². The first kappa shape index (κ1) is 12.8. The summed E-state index contributed by atoms with van der Waals surface area (Å²) in [4.78, 5) is 9.74. The van der Waals surface area contributed by atoms with E-state index in [-0.39, 0.29) is 4.99 Å². The number of aromatic nitrogens is 2. The first-order valence-electron chi connectivity index (χ1n) is 5.22. The molecular formula is C12H12N4S2. The Kier molecular flexibility index (Phi) is 4.11. The summed E-state index contributed by atoms with van der Waals surface area (Å²) in [6.45, 7) is 0. The second-order valence-electron chi connectivity index (χ2n) is 3.47. The van der Waals surface area contributed by atoms with Crippen LogP contribution in [-0.4, -0.2) is 21.2 Å². The van der Waals surface area contributed by atoms with Crippen molar-refractivity contribution in [2.45, 2.75) is 4.90 Å². The number of benzene rings is 1. The predicted octanol–water partition coefficient (Wildman–Crippen LogP) is 2.58. The molecule has 0 unspecified atom stereocenters. The molecule has 18 heavy (non-hydrogen) atoms. The summed E-state index contributed by atoms with van der Waals surface area (Å²) in [5.41, 5.74) is 7.02. The Morgan fingerprint density at radius 3 is 2.50 bits per heavy atom. The van der Waals surface area contributed by atoms with Crippen LogP contribution in [0, 0.1) is 0 Å². The summed E-state index contributed by atoms with van der Waals surface area (Å²) in [6, 6.07) is 8.02. The standard InChI is InChI=1S/C12H12N4S2/c1-18-9-4-2-8(3-5-9)16-12-10(11(13)17)14-6-7-15-12/h2-7H,1H3,(H2,13,17)(H,15,16). The van der Waals surface area contributed by atoms with E-state index >= 15 is 0 Å². The van der Waals surface area contributed by atoms with Gasteiger partial charge >= 0.3 is 0 Å². The molecule has 2 rings (SSSR count). The van der Waals surface area contributed by atoms with Gasteiger partial charge in [0, 0.05) is 23.0 Å². The van der Waals surface area contributed by atoms with E-state index in [0.717, 1.165) is 5.69 Å². The molecule has 3 N–H and O–H groups in total. The van der Waals surface area contributed by atoms with Crippen molar-refractivity contribution < 1.29 is 0 Å². The molecule has 0 aliphatic heterocycles. The number of anilines is 2. The Morgan fingerprint density at radius 2 is 1.89 bits per heavy atom. The van der Waals surface area contributed by atoms with Crippen LogP contribution in [0.4, 0.5) is 11.5 Å². The Bertz CT molecular complexity index is 554. The highest BCUT2D eigenvalue weighted by Gasteiger charge is 2.07. The Morgan fingerprint density at radius 1 is 1.22 bits per heavy atom. The minimum atomic E-state index is 0.228. The zero-order valence-electron chi connectivity index (χ0n) is 9.75. The molecule has 92 valence electrons. The van der Waals surface area contributed by atoms with Crippen molar-refractivity contribution >= 4 is 40.5 Å². The fraction of sp³-hybridized carbons (Fsp3) is 0.0833. The van der Waals surface area contributed by atoms with E-state index in [1.54, 1.807) is 24.2 Å². The molecule has 1 heterocycles. The summed E-state index contributed by atoms with van der Waals surface area (Å²) < 4.78 is 0. The molecule has 0 bridgehead atoms. The third-order valence-electron chi connectivity index (χ3n) is 2.28. The number of rotatable bonds is 4. The van der Waals surface area contributed by atoms with E-state index in [1.807, 2.05) is 30.5 Å². The average Bonchev–Trinajstić information content (AvgIpc) is 2.40. The molecular weight excluding hydrogens is 264 g/mol. The normalized spacial score (nSPS) is 10.1. The number of hydrogen-bond acceptors (Lipinski definition) is 5. The van der Waals surface area contributed by atoms with Crippen LogP contribution in [0.25, 0.3) is 0 Å². The molecule has 0 aliphatic carbocycles. The molecule has 0 saturated carbocycles. The van der Waals surface area contributed by atoms with Gasteiger partial charge in [-0.1, -0.05) is 12.2 Å². The highest BCUT2D eigenvalue weighted by atomic mass is 32.2. The van der Waals surface area contributed by atoms with Gasteiger partial charge in [0.25, 0.3) is 0 Å². The van der Waals surface area contributed by atoms with Gasteiger partial charge in [-0.2, -0.15) is 0 Å². The smallest absolute Gasteiger partial charge is 0.159 e. The Labute approximate surface area is 115 Å². The van der Waals surface area contributed by atoms with Gasteiger partial charge < -0.3 is 11.1 Å². The zero-order chi connectivity index (χ0) is 13.0. The highest BCUT2D eigenvalue weighted by molar-refractivity contribution is 7.98. The number of thiocarbonyl (C=S) groups is 1. The fourth-order valence-corrected chi connectivity index (χ4v) is 1.98. The quantitative estimate of drug-likeness (QED) is 0.661. The molecule has 1 aromatic heterocycles. The molecule has 2 aromatic rings. The lowest BCUT2D eigenvalue weighted by Crippen LogP contribution is -2.14. The van der Waals surface area contributed by atoms with Gasteiger partial charge in [-0.3, -0.25) is 0 Å². The molecule has 4 nitrogen and oxygen atoms in total. The number of hydrogen-bond donors (Lipinski definition) is 2. The fourth-order valence-electron chi connectivity index (χ4n) is 1.42. The number of nitrogens with zero attached hydrogens (tertiary/aromatic N) is 2. The van der Waals surface area contributed by atoms with Crippen LogP contribution < -0.4 is 11.1 Å². The summed E-state index contributed by atoms with van der Waals surface area (Å²) in [5, 5.41) is 3.15. The first-order chi connectivity index (χ1) is 8.70. The van der Waals surface area contributed by atoms with E-state index < -0.39 is 0 Å². The topological polar surface area (TPSA) is 63.8 Å². The average molecular weight is 276 g/mol. The molecule has 0 fully saturated rings. The van der Waals surface area contributed by atoms with Crippen LogP contribution >= 0.6 is 24.0 Å². The number of nitrogens with one attached hydrogen (secondary N) is 1. The summed E-state index contributed by atoms with van der Waals surface area (Å²) in [7, 11) is 0. The summed E-state index contributed by atoms with van der Waals surface area (Å²) in [6.07, 6.45) is 5.20. The zero-order valence-corrected chi connectivity index (χ0v) is 11.4. The Balaban J connectivity index is 2.25. The highest BCUT2D eigenvalue weighted by Crippen LogP contribution is 2.21. The van der Waals surface area contributed by atoms with Gasteiger partial charge in [-0.15, -0.1) is 11.8 Å². The van der Waals surface area contributed by atoms with Crippen LogP contribution in [0.3, 0.4) is 0 Å². The Hall–Kier alpha value is -1.66. The first-order valence-corrected chi connectivity index (χ1v) is 6.86. The summed E-state index contributed by atoms with van der Waals surface area (Å²) >= 11 is 6.63. The van der Waals surface area contributed by atoms with Gasteiger partial charge in [-0.25, -0.2) is 9.97 Å². The predicted molar refractivity (Wildman–Crippen MR) is 79.4 cm³/mol. The molecule has 0 aliphatic rings. The van der Waals surface area contributed by atoms with Crippen molar-refractivity contribution in [3.8, 4) is 0 Å². The lowest BCUT2D eigenvalue weighted by molar-refractivity contribution is 1.18. The maximum absolute atomic E-state index is 5.60. The van der Waals surface area contributed by atoms with E-state index in [4.69, 9.17) is 18.0 Å². The van der Waals surface area contributed by atoms with Crippen LogP contribution in [-0.2, 0) is 0 Å². The lowest BCUT2D eigenvalue weighted by atomic mass is 10.3. The second-order valence-corrected chi connectivity index (χ2v) is 4.79. The van der Waals surface area contributed by atoms with Crippen LogP contribution in [0.1, 0.15) is 5.69 Å². The van der Waals surface area contributed by atoms with Crippen molar-refractivity contribution in [2.75, 3.05) is 11.6 Å². The third kappa shape index (κ3) is 2.96. The largest absolute Gasteiger partial charge is 0.388 e. The van der Waals surface area contributed by atoms with E-state index in [0.29, 0.717) is 11.5 Å². The van der Waals surface area contributed by atoms with Crippen molar-refractivity contribution in [2.24, 2.45) is 5.73 Å². The maximum Gasteiger partial charge on any atom is 0.159 e. The molecule has 0 saturated heterocycles. The van der Waals surface area contributed by atoms with Crippen LogP contribution in [0.15, 0.2) is 41.6 Å². The second kappa shape index (κ2) is 5.79. The van der Waals surface area contributed by atoms with E-state index in [9.17, 15) is 0 Å².